The van der Waals surface area contributed by atoms with Crippen LogP contribution in [0.2, 0.25) is 0 Å². The minimum absolute atomic E-state index is 0.195. The van der Waals surface area contributed by atoms with Gasteiger partial charge in [-0.2, -0.15) is 0 Å². The average Bonchev–Trinajstić information content (AvgIpc) is 3.08. The largest absolute Gasteiger partial charge is 0.455 e. The smallest absolute Gasteiger partial charge is 0.343 e. The third-order valence-electron chi connectivity index (χ3n) is 4.81. The molecule has 4 rings (SSSR count). The van der Waals surface area contributed by atoms with Crippen molar-refractivity contribution in [2.24, 2.45) is 0 Å². The van der Waals surface area contributed by atoms with Crippen molar-refractivity contribution in [1.29, 1.82) is 0 Å². The summed E-state index contributed by atoms with van der Waals surface area (Å²) < 4.78 is 11.3. The van der Waals surface area contributed by atoms with Crippen LogP contribution in [0, 0.1) is 0 Å². The molecule has 5 heteroatoms. The summed E-state index contributed by atoms with van der Waals surface area (Å²) in [5, 5.41) is 2.01. The van der Waals surface area contributed by atoms with E-state index >= 15 is 0 Å². The van der Waals surface area contributed by atoms with Crippen molar-refractivity contribution in [3.8, 4) is 11.3 Å². The summed E-state index contributed by atoms with van der Waals surface area (Å²) in [5.41, 5.74) is 4.42. The van der Waals surface area contributed by atoms with E-state index in [0.29, 0.717) is 16.9 Å². The predicted molar refractivity (Wildman–Crippen MR) is 117 cm³/mol. The number of hydrogen-bond acceptors (Lipinski definition) is 3. The third kappa shape index (κ3) is 3.61. The summed E-state index contributed by atoms with van der Waals surface area (Å²) in [5.74, 6) is 0.0492. The number of carbonyl (C=O) groups is 1. The normalized spacial score (nSPS) is 11.0. The lowest BCUT2D eigenvalue weighted by molar-refractivity contribution is 0.0576. The summed E-state index contributed by atoms with van der Waals surface area (Å²) >= 11 is 5.64. The Morgan fingerprint density at radius 1 is 1.00 bits per heavy atom. The quantitative estimate of drug-likeness (QED) is 0.285. The second-order valence-electron chi connectivity index (χ2n) is 6.65. The molecule has 0 radical (unpaired) electrons. The molecule has 0 aliphatic rings. The highest BCUT2D eigenvalue weighted by atomic mass is 35.5. The molecule has 1 aromatic heterocycles. The molecule has 140 valence electrons. The standard InChI is InChI=1S/C23H19ClO3Si/c24-14-26-23(25)21-18-13-20(28)17(11-15-7-3-1-4-8-15)12-19(18)27-22(21)16-9-5-2-6-10-16/h1-10,12-13H,11,14H2,28H3. The first-order valence-electron chi connectivity index (χ1n) is 9.06. The molecule has 3 nitrogen and oxygen atoms in total. The van der Waals surface area contributed by atoms with Crippen LogP contribution < -0.4 is 5.19 Å². The molecule has 0 saturated heterocycles. The van der Waals surface area contributed by atoms with Crippen molar-refractivity contribution in [2.75, 3.05) is 6.07 Å². The van der Waals surface area contributed by atoms with E-state index in [1.54, 1.807) is 0 Å². The Morgan fingerprint density at radius 3 is 2.36 bits per heavy atom. The highest BCUT2D eigenvalue weighted by molar-refractivity contribution is 6.34. The van der Waals surface area contributed by atoms with E-state index in [-0.39, 0.29) is 6.07 Å². The lowest BCUT2D eigenvalue weighted by Crippen LogP contribution is -2.11. The van der Waals surface area contributed by atoms with E-state index in [1.165, 1.54) is 16.3 Å². The zero-order valence-electron chi connectivity index (χ0n) is 15.4. The van der Waals surface area contributed by atoms with Crippen LogP contribution in [0.3, 0.4) is 0 Å². The second kappa shape index (κ2) is 8.05. The number of rotatable bonds is 5. The van der Waals surface area contributed by atoms with Crippen LogP contribution in [-0.4, -0.2) is 22.3 Å². The highest BCUT2D eigenvalue weighted by Gasteiger charge is 2.24. The third-order valence-corrected chi connectivity index (χ3v) is 5.85. The molecule has 0 spiro atoms. The summed E-state index contributed by atoms with van der Waals surface area (Å²) in [6.45, 7) is 0. The molecule has 0 aliphatic heterocycles. The van der Waals surface area contributed by atoms with E-state index in [1.807, 2.05) is 48.5 Å². The van der Waals surface area contributed by atoms with Gasteiger partial charge in [0.15, 0.2) is 6.07 Å². The number of esters is 1. The topological polar surface area (TPSA) is 39.4 Å². The number of alkyl halides is 1. The summed E-state index contributed by atoms with van der Waals surface area (Å²) in [7, 11) is 0.862. The maximum absolute atomic E-state index is 12.6. The predicted octanol–water partition coefficient (Wildman–Crippen LogP) is 4.03. The van der Waals surface area contributed by atoms with E-state index in [4.69, 9.17) is 20.8 Å². The minimum Gasteiger partial charge on any atom is -0.455 e. The molecule has 0 fully saturated rings. The van der Waals surface area contributed by atoms with Gasteiger partial charge in [-0.3, -0.25) is 0 Å². The van der Waals surface area contributed by atoms with Gasteiger partial charge in [0.25, 0.3) is 0 Å². The number of hydrogen-bond donors (Lipinski definition) is 0. The van der Waals surface area contributed by atoms with E-state index in [9.17, 15) is 4.79 Å². The van der Waals surface area contributed by atoms with Gasteiger partial charge in [0, 0.05) is 21.2 Å². The van der Waals surface area contributed by atoms with E-state index < -0.39 is 5.97 Å². The van der Waals surface area contributed by atoms with Crippen LogP contribution in [0.5, 0.6) is 0 Å². The van der Waals surface area contributed by atoms with Gasteiger partial charge < -0.3 is 9.15 Å². The number of ether oxygens (including phenoxy) is 1. The average molecular weight is 407 g/mol. The Labute approximate surface area is 171 Å². The van der Waals surface area contributed by atoms with Crippen molar-refractivity contribution in [2.45, 2.75) is 6.42 Å². The number of fused-ring (bicyclic) bond motifs is 1. The van der Waals surface area contributed by atoms with Crippen LogP contribution in [-0.2, 0) is 11.2 Å². The van der Waals surface area contributed by atoms with Crippen molar-refractivity contribution in [1.82, 2.24) is 0 Å². The molecule has 0 bridgehead atoms. The first kappa shape index (κ1) is 18.5. The molecule has 0 N–H and O–H groups in total. The fourth-order valence-corrected chi connectivity index (χ4v) is 4.13. The monoisotopic (exact) mass is 406 g/mol. The molecule has 3 aromatic carbocycles. The van der Waals surface area contributed by atoms with Gasteiger partial charge in [0.05, 0.1) is 0 Å². The molecule has 0 saturated carbocycles. The second-order valence-corrected chi connectivity index (χ2v) is 7.95. The molecule has 0 aliphatic carbocycles. The molecule has 0 unspecified atom stereocenters. The summed E-state index contributed by atoms with van der Waals surface area (Å²) in [6.07, 6.45) is 0.832. The van der Waals surface area contributed by atoms with Crippen LogP contribution in [0.1, 0.15) is 21.5 Å². The van der Waals surface area contributed by atoms with Gasteiger partial charge in [-0.1, -0.05) is 83.5 Å². The SMILES string of the molecule is O=C(OCCl)c1c(-c2ccccc2)oc2cc(Cc3ccccc3)c([SiH3])cc12. The number of halogens is 1. The molecule has 0 amide bonds. The van der Waals surface area contributed by atoms with Crippen LogP contribution >= 0.6 is 11.6 Å². The fourth-order valence-electron chi connectivity index (χ4n) is 3.42. The summed E-state index contributed by atoms with van der Waals surface area (Å²) in [6, 6.07) is 23.8. The zero-order valence-corrected chi connectivity index (χ0v) is 18.2. The van der Waals surface area contributed by atoms with Crippen LogP contribution in [0.15, 0.2) is 77.2 Å². The van der Waals surface area contributed by atoms with Gasteiger partial charge in [-0.15, -0.1) is 0 Å². The van der Waals surface area contributed by atoms with E-state index in [2.05, 4.69) is 24.3 Å². The molecular weight excluding hydrogens is 388 g/mol. The van der Waals surface area contributed by atoms with Gasteiger partial charge in [-0.05, 0) is 23.6 Å². The Morgan fingerprint density at radius 2 is 1.68 bits per heavy atom. The molecule has 0 atom stereocenters. The van der Waals surface area contributed by atoms with Crippen molar-refractivity contribution < 1.29 is 13.9 Å². The lowest BCUT2D eigenvalue weighted by atomic mass is 10.0. The minimum atomic E-state index is -0.468. The number of furan rings is 1. The fraction of sp³-hybridized carbons (Fsp3) is 0.0870. The zero-order chi connectivity index (χ0) is 19.5. The maximum atomic E-state index is 12.6. The number of benzene rings is 3. The Balaban J connectivity index is 1.87. The lowest BCUT2D eigenvalue weighted by Gasteiger charge is -2.07. The Hall–Kier alpha value is -2.82. The summed E-state index contributed by atoms with van der Waals surface area (Å²) in [4.78, 5) is 12.6. The van der Waals surface area contributed by atoms with Crippen LogP contribution in [0.25, 0.3) is 22.3 Å². The molecule has 28 heavy (non-hydrogen) atoms. The van der Waals surface area contributed by atoms with Gasteiger partial charge in [0.1, 0.15) is 16.9 Å². The molecular formula is C23H19ClO3Si. The van der Waals surface area contributed by atoms with Gasteiger partial charge >= 0.3 is 5.97 Å². The number of carbonyl (C=O) groups excluding carboxylic acids is 1. The Bertz CT molecular complexity index is 1120. The van der Waals surface area contributed by atoms with Crippen LogP contribution in [0.4, 0.5) is 0 Å². The first-order valence-corrected chi connectivity index (χ1v) is 10.6. The molecule has 4 aromatic rings. The first-order chi connectivity index (χ1) is 13.7. The van der Waals surface area contributed by atoms with Crippen molar-refractivity contribution in [3.63, 3.8) is 0 Å². The maximum Gasteiger partial charge on any atom is 0.343 e. The highest BCUT2D eigenvalue weighted by Crippen LogP contribution is 2.34. The van der Waals surface area contributed by atoms with Crippen molar-refractivity contribution >= 4 is 44.0 Å². The van der Waals surface area contributed by atoms with Gasteiger partial charge in [0.2, 0.25) is 0 Å². The molecule has 1 heterocycles. The Kier molecular flexibility index (Phi) is 5.33. The van der Waals surface area contributed by atoms with E-state index in [0.717, 1.165) is 27.6 Å². The van der Waals surface area contributed by atoms with Crippen molar-refractivity contribution in [3.05, 3.63) is 89.5 Å². The van der Waals surface area contributed by atoms with Gasteiger partial charge in [-0.25, -0.2) is 4.79 Å².